The van der Waals surface area contributed by atoms with Crippen LogP contribution in [0, 0.1) is 0 Å². The van der Waals surface area contributed by atoms with Gasteiger partial charge in [-0.05, 0) is 42.0 Å². The van der Waals surface area contributed by atoms with Crippen LogP contribution in [-0.4, -0.2) is 14.8 Å². The third-order valence-electron chi connectivity index (χ3n) is 4.03. The van der Waals surface area contributed by atoms with Gasteiger partial charge in [-0.3, -0.25) is 4.57 Å². The lowest BCUT2D eigenvalue weighted by molar-refractivity contribution is 0.886. The molecule has 0 atom stereocenters. The molecular weight excluding hydrogens is 442 g/mol. The summed E-state index contributed by atoms with van der Waals surface area (Å²) in [5.41, 5.74) is 3.25. The van der Waals surface area contributed by atoms with Gasteiger partial charge in [0.05, 0.1) is 0 Å². The summed E-state index contributed by atoms with van der Waals surface area (Å²) in [7, 11) is 0. The molecule has 0 aliphatic rings. The van der Waals surface area contributed by atoms with E-state index in [2.05, 4.69) is 42.8 Å². The van der Waals surface area contributed by atoms with Crippen LogP contribution in [0.1, 0.15) is 5.56 Å². The summed E-state index contributed by atoms with van der Waals surface area (Å²) in [6.07, 6.45) is 0. The second kappa shape index (κ2) is 8.30. The summed E-state index contributed by atoms with van der Waals surface area (Å²) in [4.78, 5) is 0. The van der Waals surface area contributed by atoms with Crippen LogP contribution in [0.15, 0.2) is 88.5 Å². The topological polar surface area (TPSA) is 30.7 Å². The fourth-order valence-electron chi connectivity index (χ4n) is 2.69. The van der Waals surface area contributed by atoms with Gasteiger partial charge < -0.3 is 0 Å². The first-order valence-electron chi connectivity index (χ1n) is 8.35. The molecule has 0 fully saturated rings. The molecule has 0 aliphatic heterocycles. The molecule has 0 radical (unpaired) electrons. The van der Waals surface area contributed by atoms with Crippen LogP contribution in [0.4, 0.5) is 0 Å². The molecule has 134 valence electrons. The first-order chi connectivity index (χ1) is 13.2. The molecule has 6 heteroatoms. The molecule has 0 spiro atoms. The Bertz CT molecular complexity index is 1030. The lowest BCUT2D eigenvalue weighted by Gasteiger charge is -2.10. The molecule has 4 rings (SSSR count). The van der Waals surface area contributed by atoms with E-state index in [1.54, 1.807) is 11.8 Å². The van der Waals surface area contributed by atoms with Gasteiger partial charge in [-0.15, -0.1) is 10.2 Å². The molecule has 0 N–H and O–H groups in total. The van der Waals surface area contributed by atoms with Crippen LogP contribution >= 0.6 is 39.3 Å². The summed E-state index contributed by atoms with van der Waals surface area (Å²) in [6, 6.07) is 26.2. The van der Waals surface area contributed by atoms with Crippen molar-refractivity contribution >= 4 is 39.3 Å². The molecule has 4 aromatic rings. The van der Waals surface area contributed by atoms with Gasteiger partial charge >= 0.3 is 0 Å². The Labute approximate surface area is 175 Å². The van der Waals surface area contributed by atoms with Crippen molar-refractivity contribution in [2.24, 2.45) is 0 Å². The van der Waals surface area contributed by atoms with Gasteiger partial charge in [0.15, 0.2) is 11.0 Å². The van der Waals surface area contributed by atoms with Gasteiger partial charge in [-0.25, -0.2) is 0 Å². The smallest absolute Gasteiger partial charge is 0.196 e. The Balaban J connectivity index is 1.71. The maximum absolute atomic E-state index is 5.98. The highest BCUT2D eigenvalue weighted by atomic mass is 79.9. The van der Waals surface area contributed by atoms with E-state index < -0.39 is 0 Å². The van der Waals surface area contributed by atoms with Crippen molar-refractivity contribution in [3.63, 3.8) is 0 Å². The lowest BCUT2D eigenvalue weighted by atomic mass is 10.2. The molecule has 3 nitrogen and oxygen atoms in total. The van der Waals surface area contributed by atoms with Gasteiger partial charge in [-0.2, -0.15) is 0 Å². The van der Waals surface area contributed by atoms with Crippen molar-refractivity contribution in [3.05, 3.63) is 93.9 Å². The van der Waals surface area contributed by atoms with Crippen molar-refractivity contribution in [1.82, 2.24) is 14.8 Å². The van der Waals surface area contributed by atoms with Gasteiger partial charge in [0.1, 0.15) is 0 Å². The van der Waals surface area contributed by atoms with Gasteiger partial charge in [0.25, 0.3) is 0 Å². The Morgan fingerprint density at radius 3 is 2.26 bits per heavy atom. The van der Waals surface area contributed by atoms with Crippen LogP contribution < -0.4 is 0 Å². The Kier molecular flexibility index (Phi) is 5.62. The van der Waals surface area contributed by atoms with Crippen LogP contribution in [0.5, 0.6) is 0 Å². The quantitative estimate of drug-likeness (QED) is 0.315. The van der Waals surface area contributed by atoms with Gasteiger partial charge in [-0.1, -0.05) is 81.8 Å². The third-order valence-corrected chi connectivity index (χ3v) is 5.81. The minimum absolute atomic E-state index is 0.744. The van der Waals surface area contributed by atoms with Crippen molar-refractivity contribution in [3.8, 4) is 17.1 Å². The fourth-order valence-corrected chi connectivity index (χ4v) is 3.99. The van der Waals surface area contributed by atoms with E-state index in [1.807, 2.05) is 66.7 Å². The van der Waals surface area contributed by atoms with Crippen LogP contribution in [-0.2, 0) is 5.75 Å². The average molecular weight is 457 g/mol. The highest BCUT2D eigenvalue weighted by Gasteiger charge is 2.16. The molecule has 27 heavy (non-hydrogen) atoms. The first-order valence-corrected chi connectivity index (χ1v) is 10.5. The van der Waals surface area contributed by atoms with Gasteiger partial charge in [0.2, 0.25) is 0 Å². The molecule has 0 saturated carbocycles. The van der Waals surface area contributed by atoms with E-state index in [0.29, 0.717) is 0 Å². The van der Waals surface area contributed by atoms with E-state index in [4.69, 9.17) is 11.6 Å². The SMILES string of the molecule is Clc1ccc(CSc2nnc(-c3ccc(Br)cc3)n2-c2ccccc2)cc1. The molecule has 0 bridgehead atoms. The highest BCUT2D eigenvalue weighted by molar-refractivity contribution is 9.10. The van der Waals surface area contributed by atoms with E-state index in [1.165, 1.54) is 5.56 Å². The summed E-state index contributed by atoms with van der Waals surface area (Å²) in [5, 5.41) is 10.5. The van der Waals surface area contributed by atoms with Crippen LogP contribution in [0.3, 0.4) is 0 Å². The number of thioether (sulfide) groups is 1. The fraction of sp³-hybridized carbons (Fsp3) is 0.0476. The molecule has 0 unspecified atom stereocenters. The third kappa shape index (κ3) is 4.26. The minimum Gasteiger partial charge on any atom is -0.270 e. The predicted octanol–water partition coefficient (Wildman–Crippen LogP) is 6.64. The van der Waals surface area contributed by atoms with Gasteiger partial charge in [0, 0.05) is 26.5 Å². The second-order valence-electron chi connectivity index (χ2n) is 5.90. The monoisotopic (exact) mass is 455 g/mol. The standard InChI is InChI=1S/C21H15BrClN3S/c22-17-10-8-16(9-11-17)20-24-25-21(26(20)19-4-2-1-3-5-19)27-14-15-6-12-18(23)13-7-15/h1-13H,14H2. The number of aromatic nitrogens is 3. The van der Waals surface area contributed by atoms with E-state index >= 15 is 0 Å². The second-order valence-corrected chi connectivity index (χ2v) is 8.19. The minimum atomic E-state index is 0.744. The molecule has 0 amide bonds. The molecule has 0 aliphatic carbocycles. The number of para-hydroxylation sites is 1. The number of hydrogen-bond donors (Lipinski definition) is 0. The van der Waals surface area contributed by atoms with Crippen molar-refractivity contribution in [2.75, 3.05) is 0 Å². The molecule has 1 aromatic heterocycles. The zero-order valence-electron chi connectivity index (χ0n) is 14.2. The van der Waals surface area contributed by atoms with Crippen molar-refractivity contribution < 1.29 is 0 Å². The van der Waals surface area contributed by atoms with Crippen LogP contribution in [0.25, 0.3) is 17.1 Å². The lowest BCUT2D eigenvalue weighted by Crippen LogP contribution is -1.99. The Morgan fingerprint density at radius 1 is 0.852 bits per heavy atom. The molecule has 1 heterocycles. The van der Waals surface area contributed by atoms with Crippen molar-refractivity contribution in [2.45, 2.75) is 10.9 Å². The largest absolute Gasteiger partial charge is 0.270 e. The molecule has 3 aromatic carbocycles. The summed E-state index contributed by atoms with van der Waals surface area (Å²) >= 11 is 11.1. The number of nitrogens with zero attached hydrogens (tertiary/aromatic N) is 3. The van der Waals surface area contributed by atoms with E-state index in [0.717, 1.165) is 37.5 Å². The number of halogens is 2. The normalized spacial score (nSPS) is 10.9. The molecule has 0 saturated heterocycles. The summed E-state index contributed by atoms with van der Waals surface area (Å²) in [5.74, 6) is 1.62. The number of hydrogen-bond acceptors (Lipinski definition) is 3. The number of rotatable bonds is 5. The summed E-state index contributed by atoms with van der Waals surface area (Å²) < 4.78 is 3.14. The van der Waals surface area contributed by atoms with E-state index in [-0.39, 0.29) is 0 Å². The Morgan fingerprint density at radius 2 is 1.56 bits per heavy atom. The maximum atomic E-state index is 5.98. The Hall–Kier alpha value is -2.08. The average Bonchev–Trinajstić information content (AvgIpc) is 3.13. The molecular formula is C21H15BrClN3S. The zero-order valence-corrected chi connectivity index (χ0v) is 17.4. The van der Waals surface area contributed by atoms with Crippen molar-refractivity contribution in [1.29, 1.82) is 0 Å². The maximum Gasteiger partial charge on any atom is 0.196 e. The summed E-state index contributed by atoms with van der Waals surface area (Å²) in [6.45, 7) is 0. The predicted molar refractivity (Wildman–Crippen MR) is 116 cm³/mol. The highest BCUT2D eigenvalue weighted by Crippen LogP contribution is 2.30. The number of benzene rings is 3. The zero-order chi connectivity index (χ0) is 18.6. The van der Waals surface area contributed by atoms with Crippen LogP contribution in [0.2, 0.25) is 5.02 Å². The first kappa shape index (κ1) is 18.3. The van der Waals surface area contributed by atoms with E-state index in [9.17, 15) is 0 Å².